The van der Waals surface area contributed by atoms with Gasteiger partial charge in [-0.2, -0.15) is 0 Å². The zero-order valence-corrected chi connectivity index (χ0v) is 10.7. The predicted molar refractivity (Wildman–Crippen MR) is 74.8 cm³/mol. The zero-order chi connectivity index (χ0) is 14.1. The van der Waals surface area contributed by atoms with Gasteiger partial charge in [0.1, 0.15) is 17.4 Å². The number of nitrogens with one attached hydrogen (secondary N) is 1. The first kappa shape index (κ1) is 12.6. The van der Waals surface area contributed by atoms with Gasteiger partial charge < -0.3 is 15.8 Å². The van der Waals surface area contributed by atoms with Crippen molar-refractivity contribution in [1.29, 1.82) is 0 Å². The molecule has 0 spiro atoms. The van der Waals surface area contributed by atoms with E-state index in [1.54, 1.807) is 18.2 Å². The lowest BCUT2D eigenvalue weighted by Crippen LogP contribution is -2.14. The lowest BCUT2D eigenvalue weighted by atomic mass is 10.1. The van der Waals surface area contributed by atoms with Crippen molar-refractivity contribution >= 4 is 11.0 Å². The van der Waals surface area contributed by atoms with E-state index >= 15 is 0 Å². The largest absolute Gasteiger partial charge is 0.508 e. The maximum Gasteiger partial charge on any atom is 0.125 e. The number of nitrogens with two attached hydrogens (primary N) is 1. The van der Waals surface area contributed by atoms with Crippen molar-refractivity contribution in [2.24, 2.45) is 5.73 Å². The van der Waals surface area contributed by atoms with Crippen LogP contribution in [0.3, 0.4) is 0 Å². The Morgan fingerprint density at radius 3 is 2.70 bits per heavy atom. The predicted octanol–water partition coefficient (Wildman–Crippen LogP) is 2.65. The fourth-order valence-corrected chi connectivity index (χ4v) is 2.16. The molecule has 0 aliphatic rings. The summed E-state index contributed by atoms with van der Waals surface area (Å²) in [5, 5.41) is 9.24. The lowest BCUT2D eigenvalue weighted by molar-refractivity contribution is 0.475. The zero-order valence-electron chi connectivity index (χ0n) is 10.7. The fraction of sp³-hybridized carbons (Fsp3) is 0.133. The van der Waals surface area contributed by atoms with Crippen LogP contribution in [0.15, 0.2) is 42.5 Å². The number of aromatic nitrogens is 2. The molecule has 0 aliphatic carbocycles. The molecule has 0 saturated heterocycles. The molecule has 0 amide bonds. The van der Waals surface area contributed by atoms with Gasteiger partial charge in [-0.1, -0.05) is 12.1 Å². The van der Waals surface area contributed by atoms with Crippen LogP contribution in [0.4, 0.5) is 4.39 Å². The molecular weight excluding hydrogens is 257 g/mol. The summed E-state index contributed by atoms with van der Waals surface area (Å²) in [4.78, 5) is 7.41. The van der Waals surface area contributed by atoms with E-state index in [1.165, 1.54) is 12.1 Å². The fourth-order valence-electron chi connectivity index (χ4n) is 2.16. The van der Waals surface area contributed by atoms with Gasteiger partial charge in [-0.3, -0.25) is 0 Å². The molecule has 0 fully saturated rings. The number of benzene rings is 2. The minimum Gasteiger partial charge on any atom is -0.508 e. The minimum atomic E-state index is -0.310. The lowest BCUT2D eigenvalue weighted by Gasteiger charge is -2.08. The molecule has 0 radical (unpaired) electrons. The van der Waals surface area contributed by atoms with Crippen molar-refractivity contribution in [2.45, 2.75) is 12.5 Å². The number of hydrogen-bond donors (Lipinski definition) is 3. The van der Waals surface area contributed by atoms with Crippen molar-refractivity contribution in [2.75, 3.05) is 0 Å². The molecule has 3 rings (SSSR count). The molecule has 0 bridgehead atoms. The highest BCUT2D eigenvalue weighted by Gasteiger charge is 2.12. The number of hydrogen-bond acceptors (Lipinski definition) is 3. The summed E-state index contributed by atoms with van der Waals surface area (Å²) < 4.78 is 13.1. The van der Waals surface area contributed by atoms with E-state index in [4.69, 9.17) is 5.73 Å². The molecule has 3 aromatic rings. The van der Waals surface area contributed by atoms with E-state index in [0.717, 1.165) is 5.56 Å². The van der Waals surface area contributed by atoms with Crippen molar-refractivity contribution in [3.8, 4) is 5.75 Å². The third kappa shape index (κ3) is 2.48. The second-order valence-electron chi connectivity index (χ2n) is 4.76. The SMILES string of the molecule is NC(Cc1ccc(O)cc1)c1nc2ccc(F)cc2[nH]1. The number of halogens is 1. The smallest absolute Gasteiger partial charge is 0.125 e. The van der Waals surface area contributed by atoms with Gasteiger partial charge in [0.25, 0.3) is 0 Å². The van der Waals surface area contributed by atoms with Crippen LogP contribution in [-0.2, 0) is 6.42 Å². The first-order valence-electron chi connectivity index (χ1n) is 6.30. The molecule has 1 unspecified atom stereocenters. The van der Waals surface area contributed by atoms with Crippen LogP contribution >= 0.6 is 0 Å². The van der Waals surface area contributed by atoms with Crippen LogP contribution in [-0.4, -0.2) is 15.1 Å². The Balaban J connectivity index is 1.84. The summed E-state index contributed by atoms with van der Waals surface area (Å²) in [6.45, 7) is 0. The van der Waals surface area contributed by atoms with Gasteiger partial charge >= 0.3 is 0 Å². The summed E-state index contributed by atoms with van der Waals surface area (Å²) >= 11 is 0. The Kier molecular flexibility index (Phi) is 3.12. The van der Waals surface area contributed by atoms with Crippen LogP contribution < -0.4 is 5.73 Å². The number of nitrogens with zero attached hydrogens (tertiary/aromatic N) is 1. The number of aromatic amines is 1. The molecule has 1 heterocycles. The Morgan fingerprint density at radius 2 is 1.95 bits per heavy atom. The highest BCUT2D eigenvalue weighted by atomic mass is 19.1. The maximum atomic E-state index is 13.1. The summed E-state index contributed by atoms with van der Waals surface area (Å²) in [6.07, 6.45) is 0.586. The molecule has 0 aliphatic heterocycles. The normalized spacial score (nSPS) is 12.7. The number of fused-ring (bicyclic) bond motifs is 1. The molecule has 5 heteroatoms. The number of phenolic OH excluding ortho intramolecular Hbond substituents is 1. The molecular formula is C15H14FN3O. The summed E-state index contributed by atoms with van der Waals surface area (Å²) in [5.74, 6) is 0.542. The van der Waals surface area contributed by atoms with Gasteiger partial charge in [0.2, 0.25) is 0 Å². The van der Waals surface area contributed by atoms with Gasteiger partial charge in [-0.05, 0) is 42.3 Å². The first-order valence-corrected chi connectivity index (χ1v) is 6.30. The van der Waals surface area contributed by atoms with Crippen LogP contribution in [0.25, 0.3) is 11.0 Å². The van der Waals surface area contributed by atoms with Gasteiger partial charge in [-0.25, -0.2) is 9.37 Å². The first-order chi connectivity index (χ1) is 9.61. The number of imidazole rings is 1. The van der Waals surface area contributed by atoms with Crippen molar-refractivity contribution in [1.82, 2.24) is 9.97 Å². The van der Waals surface area contributed by atoms with Crippen LogP contribution in [0.1, 0.15) is 17.4 Å². The van der Waals surface area contributed by atoms with E-state index < -0.39 is 0 Å². The molecule has 2 aromatic carbocycles. The van der Waals surface area contributed by atoms with Gasteiger partial charge in [0.15, 0.2) is 0 Å². The van der Waals surface area contributed by atoms with Crippen LogP contribution in [0.2, 0.25) is 0 Å². The summed E-state index contributed by atoms with van der Waals surface area (Å²) in [7, 11) is 0. The summed E-state index contributed by atoms with van der Waals surface area (Å²) in [6, 6.07) is 11.0. The third-order valence-corrected chi connectivity index (χ3v) is 3.21. The standard InChI is InChI=1S/C15H14FN3O/c16-10-3-6-13-14(8-10)19-15(18-13)12(17)7-9-1-4-11(20)5-2-9/h1-6,8,12,20H,7,17H2,(H,18,19). The average molecular weight is 271 g/mol. The molecule has 4 nitrogen and oxygen atoms in total. The minimum absolute atomic E-state index is 0.224. The van der Waals surface area contributed by atoms with E-state index in [9.17, 15) is 9.50 Å². The monoisotopic (exact) mass is 271 g/mol. The van der Waals surface area contributed by atoms with E-state index in [0.29, 0.717) is 23.3 Å². The van der Waals surface area contributed by atoms with Gasteiger partial charge in [0.05, 0.1) is 17.1 Å². The molecule has 102 valence electrons. The van der Waals surface area contributed by atoms with E-state index in [2.05, 4.69) is 9.97 Å². The average Bonchev–Trinajstić information content (AvgIpc) is 2.84. The number of rotatable bonds is 3. The Labute approximate surface area is 115 Å². The summed E-state index contributed by atoms with van der Waals surface area (Å²) in [5.41, 5.74) is 8.46. The molecule has 20 heavy (non-hydrogen) atoms. The Hall–Kier alpha value is -2.40. The highest BCUT2D eigenvalue weighted by molar-refractivity contribution is 5.75. The van der Waals surface area contributed by atoms with Crippen LogP contribution in [0.5, 0.6) is 5.75 Å². The van der Waals surface area contributed by atoms with Gasteiger partial charge in [-0.15, -0.1) is 0 Å². The quantitative estimate of drug-likeness (QED) is 0.685. The van der Waals surface area contributed by atoms with Crippen molar-refractivity contribution in [3.63, 3.8) is 0 Å². The van der Waals surface area contributed by atoms with E-state index in [1.807, 2.05) is 12.1 Å². The maximum absolute atomic E-state index is 13.1. The molecule has 1 atom stereocenters. The van der Waals surface area contributed by atoms with E-state index in [-0.39, 0.29) is 17.6 Å². The topological polar surface area (TPSA) is 74.9 Å². The van der Waals surface area contributed by atoms with Crippen molar-refractivity contribution in [3.05, 3.63) is 59.7 Å². The second-order valence-corrected chi connectivity index (χ2v) is 4.76. The Bertz CT molecular complexity index is 736. The Morgan fingerprint density at radius 1 is 1.20 bits per heavy atom. The van der Waals surface area contributed by atoms with Crippen LogP contribution in [0, 0.1) is 5.82 Å². The number of aromatic hydroxyl groups is 1. The second kappa shape index (κ2) is 4.94. The third-order valence-electron chi connectivity index (χ3n) is 3.21. The molecule has 1 aromatic heterocycles. The number of phenols is 1. The molecule has 4 N–H and O–H groups in total. The highest BCUT2D eigenvalue weighted by Crippen LogP contribution is 2.19. The molecule has 0 saturated carbocycles. The van der Waals surface area contributed by atoms with Crippen molar-refractivity contribution < 1.29 is 9.50 Å². The van der Waals surface area contributed by atoms with Gasteiger partial charge in [0, 0.05) is 0 Å². The number of H-pyrrole nitrogens is 1.